The molecule has 0 unspecified atom stereocenters. The van der Waals surface area contributed by atoms with E-state index in [-0.39, 0.29) is 18.9 Å². The van der Waals surface area contributed by atoms with Crippen LogP contribution < -0.4 is 5.73 Å². The first-order chi connectivity index (χ1) is 7.60. The molecule has 0 aromatic carbocycles. The van der Waals surface area contributed by atoms with Crippen molar-refractivity contribution in [2.45, 2.75) is 6.42 Å². The van der Waals surface area contributed by atoms with Gasteiger partial charge in [0.25, 0.3) is 0 Å². The van der Waals surface area contributed by atoms with Crippen LogP contribution in [0.25, 0.3) is 0 Å². The zero-order valence-corrected chi connectivity index (χ0v) is 10.3. The molecule has 1 aliphatic heterocycles. The number of aliphatic hydroxyl groups excluding tert-OH is 1. The minimum absolute atomic E-state index is 0.0208. The zero-order chi connectivity index (χ0) is 12.0. The highest BCUT2D eigenvalue weighted by molar-refractivity contribution is 7.89. The summed E-state index contributed by atoms with van der Waals surface area (Å²) in [7, 11) is -3.18. The van der Waals surface area contributed by atoms with Crippen molar-refractivity contribution in [2.24, 2.45) is 5.73 Å². The third-order valence-electron chi connectivity index (χ3n) is 2.73. The first-order valence-corrected chi connectivity index (χ1v) is 7.22. The quantitative estimate of drug-likeness (QED) is 0.606. The van der Waals surface area contributed by atoms with E-state index in [0.717, 1.165) is 13.0 Å². The highest BCUT2D eigenvalue weighted by atomic mass is 32.2. The van der Waals surface area contributed by atoms with Crippen LogP contribution in [0, 0.1) is 0 Å². The van der Waals surface area contributed by atoms with E-state index in [1.807, 2.05) is 0 Å². The summed E-state index contributed by atoms with van der Waals surface area (Å²) >= 11 is 0. The maximum atomic E-state index is 11.8. The third kappa shape index (κ3) is 3.99. The standard InChI is InChI=1S/C9H21N3O3S/c10-2-9-16(14,15)12-4-1-3-11(5-6-12)7-8-13/h13H,1-10H2. The number of aliphatic hydroxyl groups is 1. The Morgan fingerprint density at radius 3 is 2.56 bits per heavy atom. The lowest BCUT2D eigenvalue weighted by atomic mass is 10.4. The number of sulfonamides is 1. The first kappa shape index (κ1) is 13.9. The summed E-state index contributed by atoms with van der Waals surface area (Å²) in [6.45, 7) is 3.49. The molecule has 0 aromatic rings. The molecule has 7 heteroatoms. The molecule has 1 saturated heterocycles. The van der Waals surface area contributed by atoms with Crippen molar-refractivity contribution in [1.29, 1.82) is 0 Å². The van der Waals surface area contributed by atoms with Gasteiger partial charge in [-0.05, 0) is 13.0 Å². The van der Waals surface area contributed by atoms with Crippen LogP contribution in [0.2, 0.25) is 0 Å². The van der Waals surface area contributed by atoms with E-state index in [4.69, 9.17) is 10.8 Å². The Labute approximate surface area is 97.1 Å². The van der Waals surface area contributed by atoms with Gasteiger partial charge in [-0.15, -0.1) is 0 Å². The van der Waals surface area contributed by atoms with Crippen molar-refractivity contribution < 1.29 is 13.5 Å². The van der Waals surface area contributed by atoms with Gasteiger partial charge in [-0.1, -0.05) is 0 Å². The zero-order valence-electron chi connectivity index (χ0n) is 9.51. The summed E-state index contributed by atoms with van der Waals surface area (Å²) in [6, 6.07) is 0. The van der Waals surface area contributed by atoms with E-state index in [2.05, 4.69) is 4.90 Å². The van der Waals surface area contributed by atoms with Gasteiger partial charge in [-0.25, -0.2) is 12.7 Å². The number of hydrogen-bond donors (Lipinski definition) is 2. The number of rotatable bonds is 5. The van der Waals surface area contributed by atoms with Crippen LogP contribution in [0.4, 0.5) is 0 Å². The summed E-state index contributed by atoms with van der Waals surface area (Å²) in [5.41, 5.74) is 5.29. The van der Waals surface area contributed by atoms with Crippen LogP contribution in [0.15, 0.2) is 0 Å². The summed E-state index contributed by atoms with van der Waals surface area (Å²) in [5, 5.41) is 8.83. The van der Waals surface area contributed by atoms with Crippen molar-refractivity contribution in [1.82, 2.24) is 9.21 Å². The van der Waals surface area contributed by atoms with Crippen molar-refractivity contribution in [3.05, 3.63) is 0 Å². The summed E-state index contributed by atoms with van der Waals surface area (Å²) in [5.74, 6) is 0.0208. The van der Waals surface area contributed by atoms with Crippen LogP contribution in [0.5, 0.6) is 0 Å². The van der Waals surface area contributed by atoms with Crippen LogP contribution in [-0.2, 0) is 10.0 Å². The Morgan fingerprint density at radius 2 is 1.94 bits per heavy atom. The normalized spacial score (nSPS) is 20.9. The number of nitrogens with two attached hydrogens (primary N) is 1. The van der Waals surface area contributed by atoms with Gasteiger partial charge in [-0.3, -0.25) is 4.90 Å². The lowest BCUT2D eigenvalue weighted by molar-refractivity contribution is 0.202. The van der Waals surface area contributed by atoms with Crippen molar-refractivity contribution in [3.8, 4) is 0 Å². The second kappa shape index (κ2) is 6.51. The molecule has 0 radical (unpaired) electrons. The van der Waals surface area contributed by atoms with Crippen LogP contribution in [-0.4, -0.2) is 74.4 Å². The predicted octanol–water partition coefficient (Wildman–Crippen LogP) is -1.73. The molecular formula is C9H21N3O3S. The number of β-amino-alcohol motifs (C(OH)–C–C–N with tert-alkyl or cyclic N) is 1. The Balaban J connectivity index is 2.53. The summed E-state index contributed by atoms with van der Waals surface area (Å²) < 4.78 is 25.1. The topological polar surface area (TPSA) is 86.9 Å². The van der Waals surface area contributed by atoms with E-state index in [1.54, 1.807) is 0 Å². The molecule has 0 aromatic heterocycles. The maximum Gasteiger partial charge on any atom is 0.215 e. The molecule has 1 rings (SSSR count). The largest absolute Gasteiger partial charge is 0.395 e. The van der Waals surface area contributed by atoms with E-state index in [9.17, 15) is 8.42 Å². The van der Waals surface area contributed by atoms with Crippen molar-refractivity contribution in [3.63, 3.8) is 0 Å². The summed E-state index contributed by atoms with van der Waals surface area (Å²) in [4.78, 5) is 2.08. The Kier molecular flexibility index (Phi) is 5.63. The van der Waals surface area contributed by atoms with E-state index in [0.29, 0.717) is 26.2 Å². The maximum absolute atomic E-state index is 11.8. The van der Waals surface area contributed by atoms with Gasteiger partial charge < -0.3 is 10.8 Å². The molecule has 0 aliphatic carbocycles. The second-order valence-electron chi connectivity index (χ2n) is 3.92. The molecular weight excluding hydrogens is 230 g/mol. The highest BCUT2D eigenvalue weighted by Gasteiger charge is 2.23. The molecule has 0 spiro atoms. The van der Waals surface area contributed by atoms with Gasteiger partial charge in [0.05, 0.1) is 12.4 Å². The van der Waals surface area contributed by atoms with Gasteiger partial charge in [0.1, 0.15) is 0 Å². The fourth-order valence-corrected chi connectivity index (χ4v) is 3.19. The first-order valence-electron chi connectivity index (χ1n) is 5.61. The van der Waals surface area contributed by atoms with E-state index < -0.39 is 10.0 Å². The molecule has 1 heterocycles. The molecule has 96 valence electrons. The lowest BCUT2D eigenvalue weighted by Crippen LogP contribution is -2.38. The minimum Gasteiger partial charge on any atom is -0.395 e. The van der Waals surface area contributed by atoms with Crippen molar-refractivity contribution in [2.75, 3.05) is 51.6 Å². The van der Waals surface area contributed by atoms with Gasteiger partial charge in [0, 0.05) is 32.7 Å². The predicted molar refractivity (Wildman–Crippen MR) is 62.6 cm³/mol. The van der Waals surface area contributed by atoms with Crippen LogP contribution >= 0.6 is 0 Å². The van der Waals surface area contributed by atoms with Gasteiger partial charge in [0.15, 0.2) is 0 Å². The molecule has 0 amide bonds. The fraction of sp³-hybridized carbons (Fsp3) is 1.00. The average molecular weight is 251 g/mol. The molecule has 0 saturated carbocycles. The Morgan fingerprint density at radius 1 is 1.19 bits per heavy atom. The average Bonchev–Trinajstić information content (AvgIpc) is 2.44. The second-order valence-corrected chi connectivity index (χ2v) is 6.01. The Hall–Kier alpha value is -0.210. The number of nitrogens with zero attached hydrogens (tertiary/aromatic N) is 2. The SMILES string of the molecule is NCCS(=O)(=O)N1CCCN(CCO)CC1. The number of hydrogen-bond acceptors (Lipinski definition) is 5. The molecule has 16 heavy (non-hydrogen) atoms. The summed E-state index contributed by atoms with van der Waals surface area (Å²) in [6.07, 6.45) is 0.809. The van der Waals surface area contributed by atoms with Gasteiger partial charge in [0.2, 0.25) is 10.0 Å². The van der Waals surface area contributed by atoms with Crippen LogP contribution in [0.1, 0.15) is 6.42 Å². The molecule has 0 atom stereocenters. The molecule has 6 nitrogen and oxygen atoms in total. The minimum atomic E-state index is -3.18. The smallest absolute Gasteiger partial charge is 0.215 e. The lowest BCUT2D eigenvalue weighted by Gasteiger charge is -2.20. The van der Waals surface area contributed by atoms with E-state index in [1.165, 1.54) is 4.31 Å². The van der Waals surface area contributed by atoms with Crippen LogP contribution in [0.3, 0.4) is 0 Å². The van der Waals surface area contributed by atoms with Gasteiger partial charge in [-0.2, -0.15) is 0 Å². The molecule has 0 bridgehead atoms. The molecule has 1 aliphatic rings. The fourth-order valence-electron chi connectivity index (χ4n) is 1.87. The third-order valence-corrected chi connectivity index (χ3v) is 4.64. The van der Waals surface area contributed by atoms with Crippen molar-refractivity contribution >= 4 is 10.0 Å². The molecule has 3 N–H and O–H groups in total. The van der Waals surface area contributed by atoms with E-state index >= 15 is 0 Å². The molecule has 1 fully saturated rings. The monoisotopic (exact) mass is 251 g/mol. The Bertz CT molecular complexity index is 294. The van der Waals surface area contributed by atoms with Gasteiger partial charge >= 0.3 is 0 Å². The highest BCUT2D eigenvalue weighted by Crippen LogP contribution is 2.08.